The fraction of sp³-hybridized carbons (Fsp3) is 0.0952. The van der Waals surface area contributed by atoms with Gasteiger partial charge in [0, 0.05) is 16.7 Å². The summed E-state index contributed by atoms with van der Waals surface area (Å²) in [6, 6.07) is 13.7. The van der Waals surface area contributed by atoms with Crippen LogP contribution in [0.1, 0.15) is 21.7 Å². The molecular formula is C21H13ClN4O4. The second-order valence-corrected chi connectivity index (χ2v) is 7.27. The van der Waals surface area contributed by atoms with Crippen molar-refractivity contribution < 1.29 is 14.5 Å². The molecule has 4 aromatic rings. The molecule has 0 amide bonds. The summed E-state index contributed by atoms with van der Waals surface area (Å²) in [5.74, 6) is -0.574. The van der Waals surface area contributed by atoms with Crippen LogP contribution in [0.3, 0.4) is 0 Å². The average molecular weight is 421 g/mol. The number of nitro benzene ring substituents is 1. The summed E-state index contributed by atoms with van der Waals surface area (Å²) in [5, 5.41) is 17.2. The Morgan fingerprint density at radius 1 is 1.17 bits per heavy atom. The van der Waals surface area contributed by atoms with Crippen LogP contribution in [-0.4, -0.2) is 25.7 Å². The first-order valence-corrected chi connectivity index (χ1v) is 9.42. The van der Waals surface area contributed by atoms with E-state index in [4.69, 9.17) is 16.3 Å². The number of nitro groups is 1. The molecule has 5 rings (SSSR count). The lowest BCUT2D eigenvalue weighted by atomic mass is 9.94. The van der Waals surface area contributed by atoms with E-state index in [-0.39, 0.29) is 23.4 Å². The smallest absolute Gasteiger partial charge is 0.341 e. The van der Waals surface area contributed by atoms with Crippen LogP contribution in [0.2, 0.25) is 5.02 Å². The fourth-order valence-corrected chi connectivity index (χ4v) is 3.95. The molecule has 1 aliphatic heterocycles. The Labute approximate surface area is 174 Å². The molecule has 30 heavy (non-hydrogen) atoms. The van der Waals surface area contributed by atoms with Gasteiger partial charge in [-0.2, -0.15) is 5.10 Å². The summed E-state index contributed by atoms with van der Waals surface area (Å²) in [6.45, 7) is 1.76. The summed E-state index contributed by atoms with van der Waals surface area (Å²) >= 11 is 6.18. The molecule has 0 unspecified atom stereocenters. The zero-order valence-corrected chi connectivity index (χ0v) is 16.4. The molecule has 1 aliphatic rings. The topological polar surface area (TPSA) is 100 Å². The van der Waals surface area contributed by atoms with Crippen LogP contribution in [0, 0.1) is 17.0 Å². The van der Waals surface area contributed by atoms with Gasteiger partial charge in [0.1, 0.15) is 6.61 Å². The number of para-hydroxylation sites is 1. The van der Waals surface area contributed by atoms with Crippen LogP contribution in [0.25, 0.3) is 27.8 Å². The lowest BCUT2D eigenvalue weighted by molar-refractivity contribution is -0.384. The first-order chi connectivity index (χ1) is 14.5. The number of benzene rings is 2. The highest BCUT2D eigenvalue weighted by Crippen LogP contribution is 2.42. The van der Waals surface area contributed by atoms with Gasteiger partial charge >= 0.3 is 5.97 Å². The molecule has 0 fully saturated rings. The molecule has 8 nitrogen and oxygen atoms in total. The molecule has 0 saturated heterocycles. The van der Waals surface area contributed by atoms with Crippen LogP contribution >= 0.6 is 11.6 Å². The van der Waals surface area contributed by atoms with Crippen LogP contribution in [0.4, 0.5) is 5.69 Å². The maximum absolute atomic E-state index is 12.6. The monoisotopic (exact) mass is 420 g/mol. The molecule has 0 saturated carbocycles. The number of rotatable bonds is 3. The Bertz CT molecular complexity index is 1360. The van der Waals surface area contributed by atoms with Gasteiger partial charge in [0.15, 0.2) is 5.65 Å². The van der Waals surface area contributed by atoms with Crippen molar-refractivity contribution in [3.05, 3.63) is 80.6 Å². The first-order valence-electron chi connectivity index (χ1n) is 9.04. The van der Waals surface area contributed by atoms with E-state index in [9.17, 15) is 14.9 Å². The minimum atomic E-state index is -0.574. The fourth-order valence-electron chi connectivity index (χ4n) is 3.78. The van der Waals surface area contributed by atoms with Crippen molar-refractivity contribution in [2.75, 3.05) is 0 Å². The summed E-state index contributed by atoms with van der Waals surface area (Å²) in [7, 11) is 0. The maximum Gasteiger partial charge on any atom is 0.341 e. The minimum absolute atomic E-state index is 0.00944. The minimum Gasteiger partial charge on any atom is -0.455 e. The number of pyridine rings is 1. The van der Waals surface area contributed by atoms with Gasteiger partial charge in [-0.05, 0) is 31.2 Å². The maximum atomic E-state index is 12.6. The number of carbonyl (C=O) groups is 1. The molecule has 2 aromatic heterocycles. The zero-order chi connectivity index (χ0) is 21.0. The Hall–Kier alpha value is -3.78. The standard InChI is InChI=1S/C21H13ClN4O4/c1-11-17-18(14-9-12(22)7-8-16(14)26(28)29)19-15(10-30-21(19)27)23-20(17)25(24-11)13-5-3-2-4-6-13/h2-9H,10H2,1H3. The quantitative estimate of drug-likeness (QED) is 0.272. The van der Waals surface area contributed by atoms with Crippen molar-refractivity contribution >= 4 is 34.3 Å². The van der Waals surface area contributed by atoms with E-state index in [1.165, 1.54) is 18.2 Å². The third-order valence-electron chi connectivity index (χ3n) is 5.03. The number of cyclic esters (lactones) is 1. The Morgan fingerprint density at radius 2 is 1.93 bits per heavy atom. The Morgan fingerprint density at radius 3 is 2.67 bits per heavy atom. The van der Waals surface area contributed by atoms with Crippen molar-refractivity contribution in [1.29, 1.82) is 0 Å². The van der Waals surface area contributed by atoms with E-state index in [1.54, 1.807) is 11.6 Å². The summed E-state index contributed by atoms with van der Waals surface area (Å²) < 4.78 is 6.87. The lowest BCUT2D eigenvalue weighted by Crippen LogP contribution is -2.04. The third kappa shape index (κ3) is 2.65. The van der Waals surface area contributed by atoms with Crippen LogP contribution in [0.5, 0.6) is 0 Å². The number of ether oxygens (including phenoxy) is 1. The van der Waals surface area contributed by atoms with Crippen LogP contribution in [-0.2, 0) is 11.3 Å². The van der Waals surface area contributed by atoms with Crippen LogP contribution in [0.15, 0.2) is 48.5 Å². The van der Waals surface area contributed by atoms with Crippen molar-refractivity contribution in [1.82, 2.24) is 14.8 Å². The summed E-state index contributed by atoms with van der Waals surface area (Å²) in [4.78, 5) is 28.5. The largest absolute Gasteiger partial charge is 0.455 e. The first kappa shape index (κ1) is 18.3. The van der Waals surface area contributed by atoms with E-state index < -0.39 is 10.9 Å². The molecule has 0 radical (unpaired) electrons. The molecule has 148 valence electrons. The van der Waals surface area contributed by atoms with Gasteiger partial charge < -0.3 is 4.74 Å². The highest BCUT2D eigenvalue weighted by Gasteiger charge is 2.34. The summed E-state index contributed by atoms with van der Waals surface area (Å²) in [6.07, 6.45) is 0. The van der Waals surface area contributed by atoms with E-state index in [1.807, 2.05) is 30.3 Å². The average Bonchev–Trinajstić information content (AvgIpc) is 3.27. The number of halogens is 1. The molecule has 0 atom stereocenters. The molecular weight excluding hydrogens is 408 g/mol. The molecule has 9 heteroatoms. The summed E-state index contributed by atoms with van der Waals surface area (Å²) in [5.41, 5.74) is 2.89. The van der Waals surface area contributed by atoms with Gasteiger partial charge in [-0.3, -0.25) is 10.1 Å². The van der Waals surface area contributed by atoms with Gasteiger partial charge in [-0.1, -0.05) is 29.8 Å². The van der Waals surface area contributed by atoms with Gasteiger partial charge in [-0.15, -0.1) is 0 Å². The van der Waals surface area contributed by atoms with E-state index in [0.29, 0.717) is 33.0 Å². The lowest BCUT2D eigenvalue weighted by Gasteiger charge is -2.10. The molecule has 0 spiro atoms. The molecule has 0 N–H and O–H groups in total. The molecule has 0 aliphatic carbocycles. The Kier molecular flexibility index (Phi) is 4.04. The number of carbonyl (C=O) groups excluding carboxylic acids is 1. The number of esters is 1. The van der Waals surface area contributed by atoms with Crippen molar-refractivity contribution in [3.8, 4) is 16.8 Å². The second-order valence-electron chi connectivity index (χ2n) is 6.83. The molecule has 3 heterocycles. The number of nitrogens with zero attached hydrogens (tertiary/aromatic N) is 4. The van der Waals surface area contributed by atoms with E-state index in [0.717, 1.165) is 5.69 Å². The van der Waals surface area contributed by atoms with E-state index >= 15 is 0 Å². The predicted octanol–water partition coefficient (Wildman–Crippen LogP) is 4.63. The SMILES string of the molecule is Cc1nn(-c2ccccc2)c2nc3c(c(-c4cc(Cl)ccc4[N+](=O)[O-])c12)C(=O)OC3. The van der Waals surface area contributed by atoms with Gasteiger partial charge in [0.25, 0.3) is 5.69 Å². The third-order valence-corrected chi connectivity index (χ3v) is 5.27. The van der Waals surface area contributed by atoms with Crippen molar-refractivity contribution in [3.63, 3.8) is 0 Å². The second kappa shape index (κ2) is 6.64. The van der Waals surface area contributed by atoms with Crippen LogP contribution < -0.4 is 0 Å². The van der Waals surface area contributed by atoms with Gasteiger partial charge in [-0.25, -0.2) is 14.5 Å². The molecule has 0 bridgehead atoms. The van der Waals surface area contributed by atoms with Crippen molar-refractivity contribution in [2.45, 2.75) is 13.5 Å². The predicted molar refractivity (Wildman–Crippen MR) is 110 cm³/mol. The Balaban J connectivity index is 1.95. The number of aryl methyl sites for hydroxylation is 1. The molecule has 2 aromatic carbocycles. The highest BCUT2D eigenvalue weighted by molar-refractivity contribution is 6.31. The zero-order valence-electron chi connectivity index (χ0n) is 15.6. The van der Waals surface area contributed by atoms with Crippen molar-refractivity contribution in [2.24, 2.45) is 0 Å². The number of hydrogen-bond acceptors (Lipinski definition) is 6. The van der Waals surface area contributed by atoms with Gasteiger partial charge in [0.2, 0.25) is 0 Å². The normalized spacial score (nSPS) is 12.8. The van der Waals surface area contributed by atoms with E-state index in [2.05, 4.69) is 10.1 Å². The number of fused-ring (bicyclic) bond motifs is 2. The number of aromatic nitrogens is 3. The number of hydrogen-bond donors (Lipinski definition) is 0. The highest BCUT2D eigenvalue weighted by atomic mass is 35.5. The van der Waals surface area contributed by atoms with Gasteiger partial charge in [0.05, 0.1) is 38.5 Å².